The molecule has 0 aromatic heterocycles. The van der Waals surface area contributed by atoms with E-state index in [2.05, 4.69) is 11.8 Å². The molecule has 1 amide bonds. The fraction of sp³-hybridized carbons (Fsp3) is 0.679. The van der Waals surface area contributed by atoms with E-state index in [9.17, 15) is 18.8 Å². The standard InChI is InChI=1S/C28H39FN2O3/c1-19-17-30(11-12-31(19)28(34)21-7-3-4-8-21)18-24-14-25(29)13-23(20(24)2)16-26(32)15-22-9-5-6-10-27(22)33/h13-14,19,21-22H,3-12,15-18H2,1-2H3/t19-,22?/m0/s1. The summed E-state index contributed by atoms with van der Waals surface area (Å²) in [6, 6.07) is 3.19. The smallest absolute Gasteiger partial charge is 0.226 e. The van der Waals surface area contributed by atoms with E-state index in [4.69, 9.17) is 0 Å². The lowest BCUT2D eigenvalue weighted by Crippen LogP contribution is -2.54. The van der Waals surface area contributed by atoms with Gasteiger partial charge in [-0.2, -0.15) is 0 Å². The van der Waals surface area contributed by atoms with Crippen molar-refractivity contribution in [1.29, 1.82) is 0 Å². The van der Waals surface area contributed by atoms with Gasteiger partial charge in [-0.05, 0) is 68.4 Å². The van der Waals surface area contributed by atoms with E-state index in [0.717, 1.165) is 74.7 Å². The molecule has 0 bridgehead atoms. The van der Waals surface area contributed by atoms with Crippen molar-refractivity contribution < 1.29 is 18.8 Å². The SMILES string of the molecule is Cc1c(CC(=O)CC2CCCCC2=O)cc(F)cc1CN1CCN(C(=O)C2CCCC2)[C@@H](C)C1. The van der Waals surface area contributed by atoms with E-state index in [1.54, 1.807) is 6.07 Å². The number of hydrogen-bond donors (Lipinski definition) is 0. The molecule has 1 aromatic rings. The number of halogens is 1. The third kappa shape index (κ3) is 5.94. The van der Waals surface area contributed by atoms with E-state index >= 15 is 0 Å². The maximum absolute atomic E-state index is 14.5. The molecule has 3 fully saturated rings. The van der Waals surface area contributed by atoms with Gasteiger partial charge < -0.3 is 4.90 Å². The van der Waals surface area contributed by atoms with Crippen LogP contribution in [0, 0.1) is 24.6 Å². The average molecular weight is 471 g/mol. The third-order valence-electron chi connectivity index (χ3n) is 8.22. The molecule has 1 unspecified atom stereocenters. The van der Waals surface area contributed by atoms with Crippen LogP contribution >= 0.6 is 0 Å². The zero-order valence-corrected chi connectivity index (χ0v) is 20.8. The molecule has 3 aliphatic rings. The number of nitrogens with zero attached hydrogens (tertiary/aromatic N) is 2. The van der Waals surface area contributed by atoms with E-state index in [1.165, 1.54) is 6.07 Å². The van der Waals surface area contributed by atoms with Gasteiger partial charge in [0.05, 0.1) is 0 Å². The van der Waals surface area contributed by atoms with Gasteiger partial charge in [-0.3, -0.25) is 19.3 Å². The Hall–Kier alpha value is -2.08. The minimum Gasteiger partial charge on any atom is -0.337 e. The Kier molecular flexibility index (Phi) is 8.18. The molecule has 186 valence electrons. The minimum absolute atomic E-state index is 0.0209. The van der Waals surface area contributed by atoms with Crippen molar-refractivity contribution in [3.05, 3.63) is 34.6 Å². The predicted molar refractivity (Wildman–Crippen MR) is 130 cm³/mol. The van der Waals surface area contributed by atoms with Crippen molar-refractivity contribution in [1.82, 2.24) is 9.80 Å². The average Bonchev–Trinajstić information content (AvgIpc) is 3.33. The van der Waals surface area contributed by atoms with Crippen molar-refractivity contribution >= 4 is 17.5 Å². The van der Waals surface area contributed by atoms with Crippen molar-refractivity contribution in [3.8, 4) is 0 Å². The van der Waals surface area contributed by atoms with Gasteiger partial charge in [0, 0.05) is 63.3 Å². The largest absolute Gasteiger partial charge is 0.337 e. The number of rotatable bonds is 7. The van der Waals surface area contributed by atoms with Gasteiger partial charge in [0.15, 0.2) is 0 Å². The fourth-order valence-electron chi connectivity index (χ4n) is 6.13. The molecule has 1 saturated heterocycles. The van der Waals surface area contributed by atoms with Gasteiger partial charge in [-0.25, -0.2) is 4.39 Å². The zero-order valence-electron chi connectivity index (χ0n) is 20.8. The summed E-state index contributed by atoms with van der Waals surface area (Å²) in [6.07, 6.45) is 8.12. The van der Waals surface area contributed by atoms with Gasteiger partial charge in [0.2, 0.25) is 5.91 Å². The molecule has 0 N–H and O–H groups in total. The predicted octanol–water partition coefficient (Wildman–Crippen LogP) is 4.62. The molecule has 0 radical (unpaired) electrons. The molecule has 6 heteroatoms. The number of carbonyl (C=O) groups is 3. The topological polar surface area (TPSA) is 57.7 Å². The van der Waals surface area contributed by atoms with Crippen molar-refractivity contribution in [2.45, 2.75) is 90.6 Å². The minimum atomic E-state index is -0.319. The van der Waals surface area contributed by atoms with E-state index < -0.39 is 0 Å². The van der Waals surface area contributed by atoms with Crippen LogP contribution in [0.2, 0.25) is 0 Å². The Morgan fingerprint density at radius 3 is 2.44 bits per heavy atom. The highest BCUT2D eigenvalue weighted by molar-refractivity contribution is 5.89. The first-order valence-corrected chi connectivity index (χ1v) is 13.2. The number of carbonyl (C=O) groups excluding carboxylic acids is 3. The summed E-state index contributed by atoms with van der Waals surface area (Å²) >= 11 is 0. The van der Waals surface area contributed by atoms with Crippen molar-refractivity contribution in [2.75, 3.05) is 19.6 Å². The quantitative estimate of drug-likeness (QED) is 0.584. The van der Waals surface area contributed by atoms with Crippen molar-refractivity contribution in [2.24, 2.45) is 11.8 Å². The monoisotopic (exact) mass is 470 g/mol. The Morgan fingerprint density at radius 2 is 1.74 bits per heavy atom. The molecule has 2 saturated carbocycles. The second kappa shape index (κ2) is 11.1. The highest BCUT2D eigenvalue weighted by Gasteiger charge is 2.33. The summed E-state index contributed by atoms with van der Waals surface area (Å²) in [6.45, 7) is 6.94. The Bertz CT molecular complexity index is 924. The zero-order chi connectivity index (χ0) is 24.2. The Morgan fingerprint density at radius 1 is 1.03 bits per heavy atom. The lowest BCUT2D eigenvalue weighted by Gasteiger charge is -2.41. The van der Waals surface area contributed by atoms with Gasteiger partial charge in [-0.15, -0.1) is 0 Å². The van der Waals surface area contributed by atoms with E-state index in [-0.39, 0.29) is 48.1 Å². The Balaban J connectivity index is 1.36. The summed E-state index contributed by atoms with van der Waals surface area (Å²) in [5.74, 6) is 0.260. The Labute approximate surface area is 203 Å². The summed E-state index contributed by atoms with van der Waals surface area (Å²) in [4.78, 5) is 42.0. The van der Waals surface area contributed by atoms with Crippen LogP contribution < -0.4 is 0 Å². The summed E-state index contributed by atoms with van der Waals surface area (Å²) in [5, 5.41) is 0. The highest BCUT2D eigenvalue weighted by atomic mass is 19.1. The van der Waals surface area contributed by atoms with Crippen LogP contribution in [0.15, 0.2) is 12.1 Å². The lowest BCUT2D eigenvalue weighted by molar-refractivity contribution is -0.140. The number of ketones is 2. The van der Waals surface area contributed by atoms with Gasteiger partial charge in [0.25, 0.3) is 0 Å². The van der Waals surface area contributed by atoms with E-state index in [1.807, 2.05) is 11.8 Å². The first-order valence-electron chi connectivity index (χ1n) is 13.2. The molecule has 1 heterocycles. The first kappa shape index (κ1) is 25.0. The van der Waals surface area contributed by atoms with Gasteiger partial charge in [0.1, 0.15) is 17.4 Å². The third-order valence-corrected chi connectivity index (χ3v) is 8.22. The van der Waals surface area contributed by atoms with Gasteiger partial charge >= 0.3 is 0 Å². The second-order valence-corrected chi connectivity index (χ2v) is 10.8. The maximum Gasteiger partial charge on any atom is 0.226 e. The molecule has 5 nitrogen and oxygen atoms in total. The molecule has 1 aliphatic heterocycles. The summed E-state index contributed by atoms with van der Waals surface area (Å²) in [5.41, 5.74) is 2.59. The van der Waals surface area contributed by atoms with Crippen LogP contribution in [0.3, 0.4) is 0 Å². The number of benzene rings is 1. The molecule has 2 aliphatic carbocycles. The van der Waals surface area contributed by atoms with Crippen LogP contribution in [-0.2, 0) is 27.3 Å². The van der Waals surface area contributed by atoms with Crippen LogP contribution in [0.4, 0.5) is 4.39 Å². The van der Waals surface area contributed by atoms with Crippen molar-refractivity contribution in [3.63, 3.8) is 0 Å². The summed E-state index contributed by atoms with van der Waals surface area (Å²) < 4.78 is 14.5. The number of piperazine rings is 1. The summed E-state index contributed by atoms with van der Waals surface area (Å²) in [7, 11) is 0. The second-order valence-electron chi connectivity index (χ2n) is 10.8. The maximum atomic E-state index is 14.5. The van der Waals surface area contributed by atoms with Crippen LogP contribution in [0.25, 0.3) is 0 Å². The first-order chi connectivity index (χ1) is 16.3. The lowest BCUT2D eigenvalue weighted by atomic mass is 9.83. The van der Waals surface area contributed by atoms with Crippen LogP contribution in [0.5, 0.6) is 0 Å². The molecule has 2 atom stereocenters. The van der Waals surface area contributed by atoms with Gasteiger partial charge in [-0.1, -0.05) is 19.3 Å². The fourth-order valence-corrected chi connectivity index (χ4v) is 6.13. The molecule has 34 heavy (non-hydrogen) atoms. The molecule has 1 aromatic carbocycles. The van der Waals surface area contributed by atoms with Crippen LogP contribution in [-0.4, -0.2) is 52.9 Å². The molecule has 0 spiro atoms. The normalized spacial score (nSPS) is 24.6. The molecule has 4 rings (SSSR count). The molecular weight excluding hydrogens is 431 g/mol. The molecular formula is C28H39FN2O3. The number of hydrogen-bond acceptors (Lipinski definition) is 4. The van der Waals surface area contributed by atoms with Crippen LogP contribution in [0.1, 0.15) is 81.4 Å². The number of Topliss-reactive ketones (excluding diaryl/α,β-unsaturated/α-hetero) is 2. The number of amides is 1. The highest BCUT2D eigenvalue weighted by Crippen LogP contribution is 2.29. The van der Waals surface area contributed by atoms with E-state index in [0.29, 0.717) is 25.4 Å².